The molecule has 9 rings (SSSR count). The van der Waals surface area contributed by atoms with Crippen LogP contribution in [0.4, 0.5) is 0 Å². The number of aliphatic hydroxyl groups excluding tert-OH is 13. The predicted octanol–water partition coefficient (Wildman–Crippen LogP) is -2.42. The molecule has 0 aromatic heterocycles. The molecule has 8 fully saturated rings. The Morgan fingerprint density at radius 1 is 0.645 bits per heavy atom. The number of rotatable bonds is 12. The molecule has 0 spiro atoms. The Bertz CT molecular complexity index is 2120. The highest BCUT2D eigenvalue weighted by molar-refractivity contribution is 5.79. The first-order valence-electron chi connectivity index (χ1n) is 27.3. The lowest BCUT2D eigenvalue weighted by Gasteiger charge is -2.72. The molecule has 4 aliphatic heterocycles. The molecule has 0 radical (unpaired) electrons. The van der Waals surface area contributed by atoms with Gasteiger partial charge in [-0.3, -0.25) is 4.79 Å². The van der Waals surface area contributed by atoms with E-state index in [1.807, 2.05) is 6.92 Å². The fourth-order valence-corrected chi connectivity index (χ4v) is 16.3. The molecule has 4 heterocycles. The standard InChI is InChI=1S/C53H86O23/c1-23-31(59)34(62)36(64)42(70-23)74-39-38(73-45-40(66)53(68,21-57)22-69-45)33(61)28(19-55)72-44(39)76-46(67)52-14-12-47(2,3)16-25(52)24-8-9-30-48(4)17-26(58)41(75-43-37(65)35(63)32(60)27(18-54)71-43)49(5,20-56)29(48)10-11-51(30,7)50(24,6)13-15-52/h8,23,25-45,54-66,68H,9-22H2,1-7H3/t23-,25-,26-,27-,28-,29-,30+,31+,32+,33+,34-,35-,36+,37+,38-,39+,40+,41+,42-,43-,44-,45+,48+,49-,50-,51+,52-,53-/m0/s1. The lowest BCUT2D eigenvalue weighted by Crippen LogP contribution is -2.69. The number of hydrogen-bond acceptors (Lipinski definition) is 23. The fraction of sp³-hybridized carbons (Fsp3) is 0.943. The highest BCUT2D eigenvalue weighted by Crippen LogP contribution is 2.76. The summed E-state index contributed by atoms with van der Waals surface area (Å²) in [7, 11) is 0. The Labute approximate surface area is 442 Å². The lowest BCUT2D eigenvalue weighted by atomic mass is 9.33. The second-order valence-corrected chi connectivity index (χ2v) is 26.0. The Balaban J connectivity index is 1.03. The molecule has 4 saturated heterocycles. The zero-order chi connectivity index (χ0) is 55.6. The van der Waals surface area contributed by atoms with Gasteiger partial charge in [0.25, 0.3) is 0 Å². The molecule has 23 heteroatoms. The Kier molecular flexibility index (Phi) is 16.3. The first kappa shape index (κ1) is 59.0. The third kappa shape index (κ3) is 9.18. The number of carbonyl (C=O) groups excluding carboxylic acids is 1. The van der Waals surface area contributed by atoms with Crippen LogP contribution in [0.25, 0.3) is 0 Å². The van der Waals surface area contributed by atoms with Crippen molar-refractivity contribution in [2.24, 2.45) is 50.2 Å². The summed E-state index contributed by atoms with van der Waals surface area (Å²) >= 11 is 0. The van der Waals surface area contributed by atoms with E-state index in [1.165, 1.54) is 6.92 Å². The molecular weight excluding hydrogens is 1000 g/mol. The quantitative estimate of drug-likeness (QED) is 0.0549. The molecule has 0 unspecified atom stereocenters. The first-order chi connectivity index (χ1) is 35.5. The number of fused-ring (bicyclic) bond motifs is 7. The van der Waals surface area contributed by atoms with Gasteiger partial charge in [0.1, 0.15) is 72.7 Å². The van der Waals surface area contributed by atoms with Crippen LogP contribution in [-0.4, -0.2) is 233 Å². The van der Waals surface area contributed by atoms with Crippen LogP contribution >= 0.6 is 0 Å². The number of ether oxygens (including phenoxy) is 8. The second kappa shape index (κ2) is 21.0. The van der Waals surface area contributed by atoms with Crippen molar-refractivity contribution in [1.29, 1.82) is 0 Å². The maximum absolute atomic E-state index is 15.6. The highest BCUT2D eigenvalue weighted by atomic mass is 16.8. The molecule has 436 valence electrons. The summed E-state index contributed by atoms with van der Waals surface area (Å²) in [5.74, 6) is -1.29. The van der Waals surface area contributed by atoms with Crippen molar-refractivity contribution in [2.45, 2.75) is 229 Å². The molecule has 0 bridgehead atoms. The van der Waals surface area contributed by atoms with Gasteiger partial charge in [0.2, 0.25) is 6.29 Å². The van der Waals surface area contributed by atoms with Gasteiger partial charge in [0.15, 0.2) is 25.0 Å². The maximum Gasteiger partial charge on any atom is 0.315 e. The van der Waals surface area contributed by atoms with E-state index in [0.29, 0.717) is 51.4 Å². The minimum atomic E-state index is -2.16. The summed E-state index contributed by atoms with van der Waals surface area (Å²) in [5, 5.41) is 152. The van der Waals surface area contributed by atoms with E-state index in [-0.39, 0.29) is 36.2 Å². The average Bonchev–Trinajstić information content (AvgIpc) is 3.75. The van der Waals surface area contributed by atoms with Gasteiger partial charge in [-0.05, 0) is 104 Å². The number of esters is 1. The van der Waals surface area contributed by atoms with Gasteiger partial charge in [-0.25, -0.2) is 0 Å². The van der Waals surface area contributed by atoms with Crippen LogP contribution in [0.5, 0.6) is 0 Å². The van der Waals surface area contributed by atoms with Gasteiger partial charge in [-0.2, -0.15) is 0 Å². The Morgan fingerprint density at radius 2 is 1.25 bits per heavy atom. The van der Waals surface area contributed by atoms with Crippen LogP contribution in [0.2, 0.25) is 0 Å². The monoisotopic (exact) mass is 1090 g/mol. The van der Waals surface area contributed by atoms with E-state index < -0.39 is 182 Å². The molecule has 0 aromatic carbocycles. The van der Waals surface area contributed by atoms with Crippen LogP contribution in [0.3, 0.4) is 0 Å². The summed E-state index contributed by atoms with van der Waals surface area (Å²) in [6.07, 6.45) is -23.2. The highest BCUT2D eigenvalue weighted by Gasteiger charge is 2.72. The van der Waals surface area contributed by atoms with E-state index in [4.69, 9.17) is 37.9 Å². The maximum atomic E-state index is 15.6. The molecule has 9 aliphatic rings. The van der Waals surface area contributed by atoms with E-state index >= 15 is 4.79 Å². The van der Waals surface area contributed by atoms with Crippen molar-refractivity contribution >= 4 is 5.97 Å². The molecule has 5 aliphatic carbocycles. The van der Waals surface area contributed by atoms with Crippen molar-refractivity contribution in [3.63, 3.8) is 0 Å². The summed E-state index contributed by atoms with van der Waals surface area (Å²) in [6, 6.07) is 0. The molecule has 0 amide bonds. The van der Waals surface area contributed by atoms with Gasteiger partial charge in [-0.15, -0.1) is 0 Å². The summed E-state index contributed by atoms with van der Waals surface area (Å²) < 4.78 is 48.4. The van der Waals surface area contributed by atoms with Crippen LogP contribution in [0.1, 0.15) is 106 Å². The van der Waals surface area contributed by atoms with E-state index in [9.17, 15) is 71.5 Å². The van der Waals surface area contributed by atoms with Crippen molar-refractivity contribution in [3.05, 3.63) is 11.6 Å². The normalized spacial score (nSPS) is 55.1. The van der Waals surface area contributed by atoms with Gasteiger partial charge >= 0.3 is 5.97 Å². The largest absolute Gasteiger partial charge is 0.432 e. The van der Waals surface area contributed by atoms with Crippen LogP contribution in [-0.2, 0) is 42.7 Å². The molecule has 4 saturated carbocycles. The van der Waals surface area contributed by atoms with Crippen LogP contribution < -0.4 is 0 Å². The number of carbonyl (C=O) groups is 1. The molecule has 14 N–H and O–H groups in total. The molecule has 23 nitrogen and oxygen atoms in total. The van der Waals surface area contributed by atoms with Crippen molar-refractivity contribution in [3.8, 4) is 0 Å². The first-order valence-corrected chi connectivity index (χ1v) is 27.3. The minimum absolute atomic E-state index is 0.0416. The topological polar surface area (TPSA) is 374 Å². The summed E-state index contributed by atoms with van der Waals surface area (Å²) in [6.45, 7) is 11.0. The number of aliphatic hydroxyl groups is 14. The SMILES string of the molecule is C[C@@H]1O[C@@H](O[C@H]2[C@H](OC(=O)[C@]34CCC(C)(C)C[C@H]3C3=CC[C@@H]5[C@]6(C)C[C@H](O)[C@@H](O[C@@H]7O[C@@H](CO)[C@@H](O)[C@H](O)[C@H]7O)[C@@](C)(CO)[C@H]6CC[C@@]5(C)[C@@]3(C)CC4)O[C@@H](CO)[C@@H](O)[C@@H]2O[C@H]2OC[C@@](O)(CO)[C@@H]2O)[C@H](O)[C@@H](O)[C@@H]1O. The fourth-order valence-electron chi connectivity index (χ4n) is 16.3. The van der Waals surface area contributed by atoms with E-state index in [0.717, 1.165) is 5.57 Å². The molecular formula is C53H86O23. The number of allylic oxidation sites excluding steroid dienone is 2. The smallest absolute Gasteiger partial charge is 0.315 e. The predicted molar refractivity (Wildman–Crippen MR) is 258 cm³/mol. The summed E-state index contributed by atoms with van der Waals surface area (Å²) in [5.41, 5.74) is -4.99. The molecule has 0 aromatic rings. The summed E-state index contributed by atoms with van der Waals surface area (Å²) in [4.78, 5) is 15.6. The van der Waals surface area contributed by atoms with E-state index in [2.05, 4.69) is 40.7 Å². The lowest BCUT2D eigenvalue weighted by molar-refractivity contribution is -0.374. The van der Waals surface area contributed by atoms with Crippen LogP contribution in [0, 0.1) is 50.2 Å². The third-order valence-electron chi connectivity index (χ3n) is 21.2. The number of hydrogen-bond donors (Lipinski definition) is 14. The molecule has 76 heavy (non-hydrogen) atoms. The second-order valence-electron chi connectivity index (χ2n) is 26.0. The van der Waals surface area contributed by atoms with Crippen molar-refractivity contribution in [2.75, 3.05) is 33.0 Å². The van der Waals surface area contributed by atoms with Crippen LogP contribution in [0.15, 0.2) is 11.6 Å². The Hall–Kier alpha value is -1.63. The van der Waals surface area contributed by atoms with Gasteiger partial charge in [-0.1, -0.05) is 53.2 Å². The van der Waals surface area contributed by atoms with Gasteiger partial charge in [0, 0.05) is 5.41 Å². The zero-order valence-corrected chi connectivity index (χ0v) is 44.6. The zero-order valence-electron chi connectivity index (χ0n) is 44.6. The van der Waals surface area contributed by atoms with E-state index in [1.54, 1.807) is 0 Å². The van der Waals surface area contributed by atoms with Gasteiger partial charge in [0.05, 0.1) is 56.8 Å². The minimum Gasteiger partial charge on any atom is -0.432 e. The third-order valence-corrected chi connectivity index (χ3v) is 21.2. The molecule has 28 atom stereocenters. The Morgan fingerprint density at radius 3 is 1.88 bits per heavy atom. The van der Waals surface area contributed by atoms with Crippen molar-refractivity contribution in [1.82, 2.24) is 0 Å². The van der Waals surface area contributed by atoms with Gasteiger partial charge < -0.3 is 109 Å². The van der Waals surface area contributed by atoms with Crippen molar-refractivity contribution < 1.29 is 114 Å². The average molecular weight is 1090 g/mol.